The molecule has 0 spiro atoms. The second-order valence-electron chi connectivity index (χ2n) is 7.34. The first-order chi connectivity index (χ1) is 14.5. The normalized spacial score (nSPS) is 12.3. The number of para-hydroxylation sites is 1. The lowest BCUT2D eigenvalue weighted by Gasteiger charge is -2.28. The van der Waals surface area contributed by atoms with Gasteiger partial charge in [0.2, 0.25) is 15.9 Å². The van der Waals surface area contributed by atoms with Crippen LogP contribution >= 0.6 is 0 Å². The lowest BCUT2D eigenvalue weighted by Crippen LogP contribution is -2.48. The van der Waals surface area contributed by atoms with Gasteiger partial charge in [0.1, 0.15) is 18.4 Å². The zero-order valence-corrected chi connectivity index (χ0v) is 18.8. The lowest BCUT2D eigenvalue weighted by molar-refractivity contribution is -0.384. The van der Waals surface area contributed by atoms with Gasteiger partial charge in [-0.3, -0.25) is 19.2 Å². The maximum absolute atomic E-state index is 12.6. The van der Waals surface area contributed by atoms with Gasteiger partial charge in [-0.15, -0.1) is 0 Å². The third-order valence-electron chi connectivity index (χ3n) is 4.58. The first kappa shape index (κ1) is 24.1. The third kappa shape index (κ3) is 6.42. The molecular weight excluding hydrogens is 422 g/mol. The van der Waals surface area contributed by atoms with Gasteiger partial charge in [0.05, 0.1) is 23.4 Å². The summed E-state index contributed by atoms with van der Waals surface area (Å²) < 4.78 is 31.3. The molecule has 1 atom stereocenters. The van der Waals surface area contributed by atoms with Crippen molar-refractivity contribution in [2.45, 2.75) is 32.7 Å². The van der Waals surface area contributed by atoms with Gasteiger partial charge < -0.3 is 10.1 Å². The summed E-state index contributed by atoms with van der Waals surface area (Å²) in [6.07, 6.45) is 0.946. The van der Waals surface area contributed by atoms with Gasteiger partial charge in [-0.1, -0.05) is 38.1 Å². The van der Waals surface area contributed by atoms with Crippen molar-refractivity contribution in [2.75, 3.05) is 23.7 Å². The van der Waals surface area contributed by atoms with Crippen LogP contribution in [0.4, 0.5) is 11.4 Å². The molecule has 0 aromatic heterocycles. The first-order valence-electron chi connectivity index (χ1n) is 9.75. The number of carbonyl (C=O) groups excluding carboxylic acids is 1. The Morgan fingerprint density at radius 1 is 1.16 bits per heavy atom. The number of nitrogens with one attached hydrogen (secondary N) is 1. The summed E-state index contributed by atoms with van der Waals surface area (Å²) in [4.78, 5) is 23.0. The van der Waals surface area contributed by atoms with Crippen molar-refractivity contribution < 1.29 is 22.9 Å². The Balaban J connectivity index is 2.06. The summed E-state index contributed by atoms with van der Waals surface area (Å²) in [6.45, 7) is 5.91. The van der Waals surface area contributed by atoms with Gasteiger partial charge >= 0.3 is 0 Å². The molecule has 0 radical (unpaired) electrons. The van der Waals surface area contributed by atoms with E-state index in [0.717, 1.165) is 27.9 Å². The van der Waals surface area contributed by atoms with Crippen molar-refractivity contribution in [3.05, 3.63) is 64.2 Å². The number of carbonyl (C=O) groups is 1. The highest BCUT2D eigenvalue weighted by Crippen LogP contribution is 2.26. The second kappa shape index (κ2) is 10.3. The molecular formula is C21H27N3O6S. The second-order valence-corrected chi connectivity index (χ2v) is 9.20. The van der Waals surface area contributed by atoms with Gasteiger partial charge in [-0.25, -0.2) is 8.42 Å². The van der Waals surface area contributed by atoms with E-state index in [2.05, 4.69) is 19.2 Å². The zero-order chi connectivity index (χ0) is 23.2. The molecule has 31 heavy (non-hydrogen) atoms. The molecule has 0 saturated heterocycles. The summed E-state index contributed by atoms with van der Waals surface area (Å²) in [5, 5.41) is 13.7. The number of nitro benzene ring substituents is 1. The lowest BCUT2D eigenvalue weighted by atomic mass is 10.0. The highest BCUT2D eigenvalue weighted by Gasteiger charge is 2.29. The van der Waals surface area contributed by atoms with Crippen molar-refractivity contribution in [1.29, 1.82) is 0 Å². The number of sulfonamides is 1. The van der Waals surface area contributed by atoms with E-state index in [0.29, 0.717) is 0 Å². The molecule has 2 aromatic carbocycles. The quantitative estimate of drug-likeness (QED) is 0.338. The number of anilines is 1. The number of rotatable bonds is 10. The summed E-state index contributed by atoms with van der Waals surface area (Å²) in [5.74, 6) is 0.468. The minimum absolute atomic E-state index is 0.0430. The molecule has 0 fully saturated rings. The summed E-state index contributed by atoms with van der Waals surface area (Å²) in [7, 11) is -3.87. The number of amides is 1. The molecule has 9 nitrogen and oxygen atoms in total. The maximum atomic E-state index is 12.6. The van der Waals surface area contributed by atoms with E-state index in [1.807, 2.05) is 24.3 Å². The van der Waals surface area contributed by atoms with E-state index in [4.69, 9.17) is 4.74 Å². The largest absolute Gasteiger partial charge is 0.491 e. The van der Waals surface area contributed by atoms with Gasteiger partial charge in [0, 0.05) is 12.1 Å². The van der Waals surface area contributed by atoms with Crippen LogP contribution in [-0.2, 0) is 14.8 Å². The topological polar surface area (TPSA) is 119 Å². The van der Waals surface area contributed by atoms with E-state index in [-0.39, 0.29) is 30.4 Å². The van der Waals surface area contributed by atoms with Gasteiger partial charge in [-0.05, 0) is 30.5 Å². The first-order valence-corrected chi connectivity index (χ1v) is 11.6. The van der Waals surface area contributed by atoms with E-state index >= 15 is 0 Å². The Hall–Kier alpha value is -3.14. The van der Waals surface area contributed by atoms with E-state index in [1.165, 1.54) is 25.1 Å². The Morgan fingerprint density at radius 2 is 1.84 bits per heavy atom. The molecule has 0 bridgehead atoms. The molecule has 2 aromatic rings. The SMILES string of the molecule is CC(C)c1ccccc1OCCNC(=O)C(C)N(c1cccc([N+](=O)[O-])c1)S(C)(=O)=O. The third-order valence-corrected chi connectivity index (χ3v) is 5.83. The van der Waals surface area contributed by atoms with Crippen LogP contribution < -0.4 is 14.4 Å². The highest BCUT2D eigenvalue weighted by atomic mass is 32.2. The fourth-order valence-corrected chi connectivity index (χ4v) is 4.29. The van der Waals surface area contributed by atoms with Crippen LogP contribution in [0.5, 0.6) is 5.75 Å². The van der Waals surface area contributed by atoms with E-state index in [9.17, 15) is 23.3 Å². The summed E-state index contributed by atoms with van der Waals surface area (Å²) in [6, 6.07) is 11.7. The fourth-order valence-electron chi connectivity index (χ4n) is 3.12. The molecule has 0 saturated carbocycles. The monoisotopic (exact) mass is 449 g/mol. The zero-order valence-electron chi connectivity index (χ0n) is 17.9. The predicted molar refractivity (Wildman–Crippen MR) is 119 cm³/mol. The molecule has 0 heterocycles. The molecule has 0 aliphatic heterocycles. The number of non-ortho nitro benzene ring substituents is 1. The van der Waals surface area contributed by atoms with E-state index in [1.54, 1.807) is 0 Å². The van der Waals surface area contributed by atoms with Crippen LogP contribution in [0.3, 0.4) is 0 Å². The molecule has 2 rings (SSSR count). The smallest absolute Gasteiger partial charge is 0.271 e. The minimum Gasteiger partial charge on any atom is -0.491 e. The van der Waals surface area contributed by atoms with Gasteiger partial charge in [-0.2, -0.15) is 0 Å². The van der Waals surface area contributed by atoms with E-state index < -0.39 is 26.9 Å². The summed E-state index contributed by atoms with van der Waals surface area (Å²) in [5.41, 5.74) is 0.827. The van der Waals surface area contributed by atoms with Crippen LogP contribution in [0.2, 0.25) is 0 Å². The van der Waals surface area contributed by atoms with Crippen LogP contribution in [0.15, 0.2) is 48.5 Å². The van der Waals surface area contributed by atoms with Crippen LogP contribution in [-0.4, -0.2) is 44.7 Å². The minimum atomic E-state index is -3.87. The number of ether oxygens (including phenoxy) is 1. The number of nitro groups is 1. The number of benzene rings is 2. The maximum Gasteiger partial charge on any atom is 0.271 e. The van der Waals surface area contributed by atoms with Crippen molar-refractivity contribution >= 4 is 27.3 Å². The van der Waals surface area contributed by atoms with Crippen LogP contribution in [0.1, 0.15) is 32.3 Å². The van der Waals surface area contributed by atoms with Crippen molar-refractivity contribution in [1.82, 2.24) is 5.32 Å². The van der Waals surface area contributed by atoms with Crippen LogP contribution in [0.25, 0.3) is 0 Å². The Labute approximate surface area is 182 Å². The summed E-state index contributed by atoms with van der Waals surface area (Å²) >= 11 is 0. The van der Waals surface area contributed by atoms with Gasteiger partial charge in [0.25, 0.3) is 5.69 Å². The van der Waals surface area contributed by atoms with Crippen molar-refractivity contribution in [3.8, 4) is 5.75 Å². The standard InChI is InChI=1S/C21H27N3O6S/c1-15(2)19-10-5-6-11-20(19)30-13-12-22-21(25)16(3)23(31(4,28)29)17-8-7-9-18(14-17)24(26)27/h5-11,14-16H,12-13H2,1-4H3,(H,22,25). The number of nitrogens with zero attached hydrogens (tertiary/aromatic N) is 2. The molecule has 168 valence electrons. The Bertz CT molecular complexity index is 1040. The van der Waals surface area contributed by atoms with Crippen LogP contribution in [0, 0.1) is 10.1 Å². The van der Waals surface area contributed by atoms with Crippen molar-refractivity contribution in [3.63, 3.8) is 0 Å². The highest BCUT2D eigenvalue weighted by molar-refractivity contribution is 7.92. The average molecular weight is 450 g/mol. The van der Waals surface area contributed by atoms with Gasteiger partial charge in [0.15, 0.2) is 0 Å². The molecule has 1 N–H and O–H groups in total. The molecule has 1 unspecified atom stereocenters. The Kier molecular flexibility index (Phi) is 7.98. The molecule has 0 aliphatic rings. The predicted octanol–water partition coefficient (Wildman–Crippen LogP) is 3.07. The molecule has 10 heteroatoms. The fraction of sp³-hybridized carbons (Fsp3) is 0.381. The Morgan fingerprint density at radius 3 is 2.45 bits per heavy atom. The van der Waals surface area contributed by atoms with Crippen molar-refractivity contribution in [2.24, 2.45) is 0 Å². The number of hydrogen-bond acceptors (Lipinski definition) is 6. The average Bonchev–Trinajstić information content (AvgIpc) is 2.70. The molecule has 0 aliphatic carbocycles. The number of hydrogen-bond donors (Lipinski definition) is 1. The molecule has 1 amide bonds.